The predicted molar refractivity (Wildman–Crippen MR) is 72.0 cm³/mol. The van der Waals surface area contributed by atoms with E-state index in [2.05, 4.69) is 10.5 Å². The Hall–Kier alpha value is -1.45. The number of carbonyl (C=O) groups is 1. The summed E-state index contributed by atoms with van der Waals surface area (Å²) in [6.07, 6.45) is 2.60. The summed E-state index contributed by atoms with van der Waals surface area (Å²) in [5.74, 6) is -0.118. The molecule has 0 unspecified atom stereocenters. The lowest BCUT2D eigenvalue weighted by Gasteiger charge is -2.26. The maximum atomic E-state index is 11.9. The van der Waals surface area contributed by atoms with Gasteiger partial charge in [-0.05, 0) is 0 Å². The van der Waals surface area contributed by atoms with Gasteiger partial charge in [0.2, 0.25) is 15.8 Å². The first-order valence-electron chi connectivity index (χ1n) is 6.62. The van der Waals surface area contributed by atoms with Crippen molar-refractivity contribution >= 4 is 15.9 Å². The van der Waals surface area contributed by atoms with Gasteiger partial charge in [0.25, 0.3) is 5.91 Å². The van der Waals surface area contributed by atoms with Crippen LogP contribution in [-0.4, -0.2) is 62.9 Å². The van der Waals surface area contributed by atoms with Gasteiger partial charge in [0, 0.05) is 37.0 Å². The van der Waals surface area contributed by atoms with Crippen molar-refractivity contribution in [2.24, 2.45) is 11.3 Å². The van der Waals surface area contributed by atoms with Gasteiger partial charge in [0.05, 0.1) is 25.7 Å². The molecule has 0 aliphatic carbocycles. The Morgan fingerprint density at radius 3 is 3.10 bits per heavy atom. The van der Waals surface area contributed by atoms with Crippen molar-refractivity contribution in [1.82, 2.24) is 14.8 Å². The first-order valence-corrected chi connectivity index (χ1v) is 8.47. The van der Waals surface area contributed by atoms with Gasteiger partial charge >= 0.3 is 0 Å². The molecule has 1 amide bonds. The van der Waals surface area contributed by atoms with Gasteiger partial charge in [-0.3, -0.25) is 4.79 Å². The number of carbonyl (C=O) groups excluding carboxylic acids is 1. The molecule has 2 aliphatic heterocycles. The number of ether oxygens (including phenoxy) is 1. The Bertz CT molecular complexity index is 629. The van der Waals surface area contributed by atoms with E-state index < -0.39 is 10.0 Å². The zero-order chi connectivity index (χ0) is 15.1. The van der Waals surface area contributed by atoms with Gasteiger partial charge in [-0.1, -0.05) is 5.16 Å². The van der Waals surface area contributed by atoms with Crippen LogP contribution in [0.2, 0.25) is 0 Å². The van der Waals surface area contributed by atoms with Crippen molar-refractivity contribution < 1.29 is 22.5 Å². The van der Waals surface area contributed by atoms with E-state index >= 15 is 0 Å². The molecule has 2 atom stereocenters. The van der Waals surface area contributed by atoms with Gasteiger partial charge in [0.1, 0.15) is 0 Å². The number of amides is 1. The van der Waals surface area contributed by atoms with E-state index in [1.807, 2.05) is 0 Å². The molecule has 1 aromatic heterocycles. The van der Waals surface area contributed by atoms with Gasteiger partial charge in [-0.15, -0.1) is 0 Å². The van der Waals surface area contributed by atoms with E-state index in [0.717, 1.165) is 0 Å². The van der Waals surface area contributed by atoms with Gasteiger partial charge in [-0.25, -0.2) is 12.7 Å². The van der Waals surface area contributed by atoms with Crippen molar-refractivity contribution in [3.63, 3.8) is 0 Å². The molecular formula is C12H17N3O5S. The van der Waals surface area contributed by atoms with E-state index in [4.69, 9.17) is 9.26 Å². The van der Waals surface area contributed by atoms with Crippen molar-refractivity contribution in [2.45, 2.75) is 0 Å². The number of rotatable bonds is 4. The maximum Gasteiger partial charge on any atom is 0.289 e. The smallest absolute Gasteiger partial charge is 0.289 e. The zero-order valence-electron chi connectivity index (χ0n) is 11.6. The van der Waals surface area contributed by atoms with Crippen LogP contribution in [0.4, 0.5) is 0 Å². The maximum absolute atomic E-state index is 11.9. The molecule has 0 radical (unpaired) electrons. The van der Waals surface area contributed by atoms with Crippen LogP contribution in [0, 0.1) is 11.3 Å². The third kappa shape index (κ3) is 2.68. The van der Waals surface area contributed by atoms with Crippen LogP contribution in [0.1, 0.15) is 10.6 Å². The minimum Gasteiger partial charge on any atom is -0.380 e. The topological polar surface area (TPSA) is 102 Å². The molecule has 2 saturated heterocycles. The molecule has 1 N–H and O–H groups in total. The Morgan fingerprint density at radius 1 is 1.62 bits per heavy atom. The highest BCUT2D eigenvalue weighted by Gasteiger charge is 2.52. The Balaban J connectivity index is 1.69. The third-order valence-electron chi connectivity index (χ3n) is 4.22. The second-order valence-corrected chi connectivity index (χ2v) is 7.67. The largest absolute Gasteiger partial charge is 0.380 e. The average Bonchev–Trinajstić information content (AvgIpc) is 3.09. The summed E-state index contributed by atoms with van der Waals surface area (Å²) < 4.78 is 35.2. The summed E-state index contributed by atoms with van der Waals surface area (Å²) >= 11 is 0. The van der Waals surface area contributed by atoms with Crippen LogP contribution in [0.5, 0.6) is 0 Å². The number of aromatic nitrogens is 1. The van der Waals surface area contributed by atoms with Crippen LogP contribution in [0.15, 0.2) is 16.8 Å². The second-order valence-electron chi connectivity index (χ2n) is 5.69. The molecule has 9 heteroatoms. The highest BCUT2D eigenvalue weighted by Crippen LogP contribution is 2.41. The van der Waals surface area contributed by atoms with Crippen LogP contribution in [-0.2, 0) is 14.8 Å². The van der Waals surface area contributed by atoms with Crippen molar-refractivity contribution in [1.29, 1.82) is 0 Å². The summed E-state index contributed by atoms with van der Waals surface area (Å²) in [7, 11) is -3.23. The Kier molecular flexibility index (Phi) is 3.50. The van der Waals surface area contributed by atoms with Gasteiger partial charge < -0.3 is 14.6 Å². The second kappa shape index (κ2) is 5.08. The predicted octanol–water partition coefficient (Wildman–Crippen LogP) is -0.688. The zero-order valence-corrected chi connectivity index (χ0v) is 12.4. The minimum atomic E-state index is -3.23. The lowest BCUT2D eigenvalue weighted by atomic mass is 9.81. The molecule has 2 aliphatic rings. The number of nitrogens with zero attached hydrogens (tertiary/aromatic N) is 2. The number of fused-ring (bicyclic) bond motifs is 1. The molecule has 8 nitrogen and oxygen atoms in total. The Morgan fingerprint density at radius 2 is 2.43 bits per heavy atom. The SMILES string of the molecule is CS(=O)(=O)N1C[C@@H]2COC[C@]2(CNC(=O)c2ccno2)C1. The van der Waals surface area contributed by atoms with Crippen LogP contribution in [0.3, 0.4) is 0 Å². The summed E-state index contributed by atoms with van der Waals surface area (Å²) in [5, 5.41) is 6.27. The number of nitrogens with one attached hydrogen (secondary N) is 1. The molecule has 0 saturated carbocycles. The fourth-order valence-electron chi connectivity index (χ4n) is 2.96. The monoisotopic (exact) mass is 315 g/mol. The molecule has 0 aromatic carbocycles. The van der Waals surface area contributed by atoms with Crippen LogP contribution < -0.4 is 5.32 Å². The fraction of sp³-hybridized carbons (Fsp3) is 0.667. The normalized spacial score (nSPS) is 29.5. The molecular weight excluding hydrogens is 298 g/mol. The summed E-state index contributed by atoms with van der Waals surface area (Å²) in [6, 6.07) is 1.48. The number of sulfonamides is 1. The van der Waals surface area contributed by atoms with Crippen molar-refractivity contribution in [2.75, 3.05) is 39.1 Å². The highest BCUT2D eigenvalue weighted by molar-refractivity contribution is 7.88. The highest BCUT2D eigenvalue weighted by atomic mass is 32.2. The van der Waals surface area contributed by atoms with E-state index in [9.17, 15) is 13.2 Å². The molecule has 3 rings (SSSR count). The minimum absolute atomic E-state index is 0.0993. The molecule has 0 spiro atoms. The standard InChI is InChI=1S/C12H17N3O5S/c1-21(17,18)15-4-9-5-19-8-12(9,7-15)6-13-11(16)10-2-3-14-20-10/h2-3,9H,4-8H2,1H3,(H,13,16)/t9-,12+/m1/s1. The van der Waals surface area contributed by atoms with Gasteiger partial charge in [-0.2, -0.15) is 0 Å². The molecule has 1 aromatic rings. The third-order valence-corrected chi connectivity index (χ3v) is 5.44. The van der Waals surface area contributed by atoms with Crippen molar-refractivity contribution in [3.8, 4) is 0 Å². The first kappa shape index (κ1) is 14.5. The average molecular weight is 315 g/mol. The molecule has 3 heterocycles. The summed E-state index contributed by atoms with van der Waals surface area (Å²) in [5.41, 5.74) is -0.362. The summed E-state index contributed by atoms with van der Waals surface area (Å²) in [4.78, 5) is 11.9. The quantitative estimate of drug-likeness (QED) is 0.789. The summed E-state index contributed by atoms with van der Waals surface area (Å²) in [6.45, 7) is 2.12. The van der Waals surface area contributed by atoms with Gasteiger partial charge in [0.15, 0.2) is 0 Å². The molecule has 116 valence electrons. The van der Waals surface area contributed by atoms with E-state index in [1.165, 1.54) is 22.8 Å². The number of hydrogen-bond acceptors (Lipinski definition) is 6. The molecule has 0 bridgehead atoms. The first-order chi connectivity index (χ1) is 9.91. The fourth-order valence-corrected chi connectivity index (χ4v) is 3.90. The molecule has 21 heavy (non-hydrogen) atoms. The van der Waals surface area contributed by atoms with Crippen LogP contribution in [0.25, 0.3) is 0 Å². The Labute approximate surface area is 122 Å². The molecule has 2 fully saturated rings. The van der Waals surface area contributed by atoms with E-state index in [-0.39, 0.29) is 23.0 Å². The van der Waals surface area contributed by atoms with E-state index in [0.29, 0.717) is 32.8 Å². The van der Waals surface area contributed by atoms with E-state index in [1.54, 1.807) is 0 Å². The lowest BCUT2D eigenvalue weighted by Crippen LogP contribution is -2.43. The van der Waals surface area contributed by atoms with Crippen LogP contribution >= 0.6 is 0 Å². The number of hydrogen-bond donors (Lipinski definition) is 1. The van der Waals surface area contributed by atoms with Crippen molar-refractivity contribution in [3.05, 3.63) is 18.0 Å². The lowest BCUT2D eigenvalue weighted by molar-refractivity contribution is 0.0879.